The first kappa shape index (κ1) is 16.4. The van der Waals surface area contributed by atoms with Crippen molar-refractivity contribution >= 4 is 10.8 Å². The predicted molar refractivity (Wildman–Crippen MR) is 84.8 cm³/mol. The van der Waals surface area contributed by atoms with Crippen molar-refractivity contribution in [2.24, 2.45) is 0 Å². The number of hydrogen-bond donors (Lipinski definition) is 1. The standard InChI is InChI=1S/C16H27NOS/c1-6-14(19(18)16(3,4)5)15(17-7-2)13-11-9-8-10-12-13/h8-12,14-15,17H,6-7H2,1-5H3. The Balaban J connectivity index is 3.06. The fourth-order valence-electron chi connectivity index (χ4n) is 2.31. The lowest BCUT2D eigenvalue weighted by Gasteiger charge is -2.32. The van der Waals surface area contributed by atoms with E-state index in [1.165, 1.54) is 5.56 Å². The van der Waals surface area contributed by atoms with Crippen LogP contribution in [0, 0.1) is 0 Å². The Bertz CT molecular complexity index is 397. The molecule has 0 aliphatic heterocycles. The minimum atomic E-state index is -0.870. The molecule has 0 heterocycles. The van der Waals surface area contributed by atoms with Crippen molar-refractivity contribution in [1.82, 2.24) is 5.32 Å². The second-order valence-corrected chi connectivity index (χ2v) is 8.23. The van der Waals surface area contributed by atoms with Gasteiger partial charge in [-0.05, 0) is 39.3 Å². The number of benzene rings is 1. The van der Waals surface area contributed by atoms with Gasteiger partial charge in [-0.25, -0.2) is 0 Å². The molecule has 2 nitrogen and oxygen atoms in total. The first-order chi connectivity index (χ1) is 8.91. The minimum Gasteiger partial charge on any atom is -0.309 e. The van der Waals surface area contributed by atoms with E-state index in [0.29, 0.717) is 0 Å². The Morgan fingerprint density at radius 2 is 1.74 bits per heavy atom. The van der Waals surface area contributed by atoms with E-state index in [2.05, 4.69) is 52.1 Å². The molecule has 1 aromatic rings. The first-order valence-electron chi connectivity index (χ1n) is 7.10. The van der Waals surface area contributed by atoms with E-state index in [1.54, 1.807) is 0 Å². The summed E-state index contributed by atoms with van der Waals surface area (Å²) in [6.45, 7) is 11.3. The van der Waals surface area contributed by atoms with Crippen LogP contribution in [0.25, 0.3) is 0 Å². The van der Waals surface area contributed by atoms with Gasteiger partial charge in [0.2, 0.25) is 0 Å². The molecule has 3 unspecified atom stereocenters. The van der Waals surface area contributed by atoms with Crippen molar-refractivity contribution in [3.8, 4) is 0 Å². The maximum Gasteiger partial charge on any atom is 0.0545 e. The van der Waals surface area contributed by atoms with Crippen LogP contribution in [0.2, 0.25) is 0 Å². The second-order valence-electron chi connectivity index (χ2n) is 5.80. The summed E-state index contributed by atoms with van der Waals surface area (Å²) in [7, 11) is -0.870. The Labute approximate surface area is 120 Å². The molecule has 0 aliphatic carbocycles. The molecule has 19 heavy (non-hydrogen) atoms. The maximum atomic E-state index is 12.8. The molecule has 1 aromatic carbocycles. The molecule has 108 valence electrons. The van der Waals surface area contributed by atoms with Gasteiger partial charge in [-0.15, -0.1) is 0 Å². The third-order valence-electron chi connectivity index (χ3n) is 3.24. The lowest BCUT2D eigenvalue weighted by molar-refractivity contribution is 0.502. The van der Waals surface area contributed by atoms with Gasteiger partial charge in [0.25, 0.3) is 0 Å². The fraction of sp³-hybridized carbons (Fsp3) is 0.625. The molecule has 0 saturated heterocycles. The SMILES string of the molecule is CCNC(c1ccccc1)C(CC)S(=O)C(C)(C)C. The van der Waals surface area contributed by atoms with Gasteiger partial charge in [0, 0.05) is 21.6 Å². The van der Waals surface area contributed by atoms with Crippen molar-refractivity contribution in [3.05, 3.63) is 35.9 Å². The highest BCUT2D eigenvalue weighted by Crippen LogP contribution is 2.28. The summed E-state index contributed by atoms with van der Waals surface area (Å²) in [4.78, 5) is 0. The van der Waals surface area contributed by atoms with E-state index in [0.717, 1.165) is 13.0 Å². The van der Waals surface area contributed by atoms with E-state index in [1.807, 2.05) is 18.2 Å². The summed E-state index contributed by atoms with van der Waals surface area (Å²) in [6.07, 6.45) is 0.913. The molecule has 0 radical (unpaired) electrons. The Morgan fingerprint density at radius 1 is 1.16 bits per heavy atom. The third kappa shape index (κ3) is 4.43. The van der Waals surface area contributed by atoms with E-state index < -0.39 is 10.8 Å². The molecular weight excluding hydrogens is 254 g/mol. The predicted octanol–water partition coefficient (Wildman–Crippen LogP) is 3.66. The Morgan fingerprint density at radius 3 is 2.16 bits per heavy atom. The molecule has 0 bridgehead atoms. The molecular formula is C16H27NOS. The van der Waals surface area contributed by atoms with Crippen LogP contribution < -0.4 is 5.32 Å². The van der Waals surface area contributed by atoms with Gasteiger partial charge in [0.15, 0.2) is 0 Å². The fourth-order valence-corrected chi connectivity index (χ4v) is 4.02. The third-order valence-corrected chi connectivity index (χ3v) is 5.60. The van der Waals surface area contributed by atoms with E-state index in [4.69, 9.17) is 0 Å². The van der Waals surface area contributed by atoms with Crippen LogP contribution in [0.1, 0.15) is 52.6 Å². The van der Waals surface area contributed by atoms with Crippen LogP contribution in [-0.4, -0.2) is 20.8 Å². The molecule has 0 aromatic heterocycles. The van der Waals surface area contributed by atoms with E-state index in [-0.39, 0.29) is 16.0 Å². The molecule has 0 amide bonds. The molecule has 0 saturated carbocycles. The van der Waals surface area contributed by atoms with Crippen LogP contribution >= 0.6 is 0 Å². The quantitative estimate of drug-likeness (QED) is 0.862. The summed E-state index contributed by atoms with van der Waals surface area (Å²) in [5.74, 6) is 0. The molecule has 0 spiro atoms. The Hall–Kier alpha value is -0.670. The number of rotatable bonds is 6. The van der Waals surface area contributed by atoms with Gasteiger partial charge in [-0.1, -0.05) is 44.2 Å². The van der Waals surface area contributed by atoms with Crippen molar-refractivity contribution in [2.75, 3.05) is 6.54 Å². The van der Waals surface area contributed by atoms with Crippen molar-refractivity contribution < 1.29 is 4.21 Å². The smallest absolute Gasteiger partial charge is 0.0545 e. The van der Waals surface area contributed by atoms with E-state index >= 15 is 0 Å². The van der Waals surface area contributed by atoms with Crippen LogP contribution in [0.5, 0.6) is 0 Å². The summed E-state index contributed by atoms with van der Waals surface area (Å²) in [5, 5.41) is 3.65. The summed E-state index contributed by atoms with van der Waals surface area (Å²) >= 11 is 0. The molecule has 1 N–H and O–H groups in total. The highest BCUT2D eigenvalue weighted by atomic mass is 32.2. The van der Waals surface area contributed by atoms with Gasteiger partial charge in [0.1, 0.15) is 0 Å². The molecule has 3 heteroatoms. The molecule has 3 atom stereocenters. The van der Waals surface area contributed by atoms with Crippen LogP contribution in [-0.2, 0) is 10.8 Å². The average molecular weight is 281 g/mol. The zero-order chi connectivity index (χ0) is 14.5. The second kappa shape index (κ2) is 7.20. The maximum absolute atomic E-state index is 12.8. The topological polar surface area (TPSA) is 29.1 Å². The largest absolute Gasteiger partial charge is 0.309 e. The summed E-state index contributed by atoms with van der Waals surface area (Å²) in [6, 6.07) is 10.5. The van der Waals surface area contributed by atoms with Gasteiger partial charge in [0.05, 0.1) is 5.25 Å². The number of hydrogen-bond acceptors (Lipinski definition) is 2. The molecule has 0 aliphatic rings. The normalized spacial score (nSPS) is 16.9. The zero-order valence-corrected chi connectivity index (χ0v) is 13.6. The van der Waals surface area contributed by atoms with Gasteiger partial charge < -0.3 is 5.32 Å². The number of nitrogens with one attached hydrogen (secondary N) is 1. The highest BCUT2D eigenvalue weighted by Gasteiger charge is 2.32. The van der Waals surface area contributed by atoms with Crippen LogP contribution in [0.15, 0.2) is 30.3 Å². The Kier molecular flexibility index (Phi) is 6.21. The lowest BCUT2D eigenvalue weighted by Crippen LogP contribution is -2.40. The molecule has 0 fully saturated rings. The first-order valence-corrected chi connectivity index (χ1v) is 8.32. The lowest BCUT2D eigenvalue weighted by atomic mass is 10.0. The summed E-state index contributed by atoms with van der Waals surface area (Å²) in [5.41, 5.74) is 1.23. The van der Waals surface area contributed by atoms with Crippen LogP contribution in [0.3, 0.4) is 0 Å². The average Bonchev–Trinajstić information content (AvgIpc) is 2.38. The van der Waals surface area contributed by atoms with E-state index in [9.17, 15) is 4.21 Å². The zero-order valence-electron chi connectivity index (χ0n) is 12.8. The highest BCUT2D eigenvalue weighted by molar-refractivity contribution is 7.87. The van der Waals surface area contributed by atoms with Gasteiger partial charge in [-0.3, -0.25) is 4.21 Å². The van der Waals surface area contributed by atoms with Crippen molar-refractivity contribution in [3.63, 3.8) is 0 Å². The van der Waals surface area contributed by atoms with Gasteiger partial charge in [-0.2, -0.15) is 0 Å². The van der Waals surface area contributed by atoms with Crippen molar-refractivity contribution in [2.45, 2.75) is 57.1 Å². The monoisotopic (exact) mass is 281 g/mol. The molecule has 1 rings (SSSR count). The van der Waals surface area contributed by atoms with Gasteiger partial charge >= 0.3 is 0 Å². The van der Waals surface area contributed by atoms with Crippen molar-refractivity contribution in [1.29, 1.82) is 0 Å². The van der Waals surface area contributed by atoms with Crippen LogP contribution in [0.4, 0.5) is 0 Å². The summed E-state index contributed by atoms with van der Waals surface area (Å²) < 4.78 is 12.6. The minimum absolute atomic E-state index is 0.141.